The van der Waals surface area contributed by atoms with Crippen LogP contribution in [0.25, 0.3) is 10.8 Å². The van der Waals surface area contributed by atoms with Crippen molar-refractivity contribution in [2.45, 2.75) is 25.8 Å². The molecule has 5 heteroatoms. The van der Waals surface area contributed by atoms with Crippen molar-refractivity contribution in [2.24, 2.45) is 5.92 Å². The molecular weight excluding hydrogens is 314 g/mol. The van der Waals surface area contributed by atoms with Gasteiger partial charge in [-0.15, -0.1) is 11.6 Å². The molecule has 0 aliphatic carbocycles. The molecule has 2 N–H and O–H groups in total. The fourth-order valence-corrected chi connectivity index (χ4v) is 2.91. The number of alkyl halides is 1. The third kappa shape index (κ3) is 4.70. The predicted octanol–water partition coefficient (Wildman–Crippen LogP) is 3.74. The molecule has 0 heterocycles. The number of nitrogens with one attached hydrogen (secondary N) is 1. The quantitative estimate of drug-likeness (QED) is 0.758. The molecular formula is C18H20ClNO3. The number of amides is 1. The average molecular weight is 334 g/mol. The summed E-state index contributed by atoms with van der Waals surface area (Å²) in [6, 6.07) is 13.8. The van der Waals surface area contributed by atoms with Gasteiger partial charge in [0.2, 0.25) is 5.91 Å². The Kier molecular flexibility index (Phi) is 5.99. The summed E-state index contributed by atoms with van der Waals surface area (Å²) in [6.07, 6.45) is 0.0183. The number of fused-ring (bicyclic) bond motifs is 1. The maximum absolute atomic E-state index is 12.2. The van der Waals surface area contributed by atoms with Gasteiger partial charge in [0, 0.05) is 18.7 Å². The molecule has 0 aliphatic heterocycles. The normalized spacial score (nSPS) is 13.5. The number of hydrogen-bond acceptors (Lipinski definition) is 2. The van der Waals surface area contributed by atoms with E-state index < -0.39 is 5.97 Å². The van der Waals surface area contributed by atoms with Gasteiger partial charge in [-0.3, -0.25) is 9.59 Å². The molecule has 0 unspecified atom stereocenters. The van der Waals surface area contributed by atoms with E-state index in [9.17, 15) is 9.59 Å². The zero-order valence-electron chi connectivity index (χ0n) is 13.0. The molecule has 122 valence electrons. The lowest BCUT2D eigenvalue weighted by molar-refractivity contribution is -0.138. The van der Waals surface area contributed by atoms with Crippen molar-refractivity contribution in [1.29, 1.82) is 0 Å². The Labute approximate surface area is 140 Å². The predicted molar refractivity (Wildman–Crippen MR) is 91.6 cm³/mol. The molecule has 1 amide bonds. The first-order chi connectivity index (χ1) is 11.0. The number of halogens is 1. The Hall–Kier alpha value is -2.07. The van der Waals surface area contributed by atoms with Crippen molar-refractivity contribution in [3.63, 3.8) is 0 Å². The average Bonchev–Trinajstić information content (AvgIpc) is 2.53. The monoisotopic (exact) mass is 333 g/mol. The second kappa shape index (κ2) is 7.97. The van der Waals surface area contributed by atoms with Crippen molar-refractivity contribution < 1.29 is 14.7 Å². The molecule has 0 aliphatic rings. The minimum absolute atomic E-state index is 0.0977. The zero-order valence-corrected chi connectivity index (χ0v) is 13.7. The fourth-order valence-electron chi connectivity index (χ4n) is 2.70. The topological polar surface area (TPSA) is 66.4 Å². The minimum atomic E-state index is -0.939. The van der Waals surface area contributed by atoms with Gasteiger partial charge in [-0.1, -0.05) is 42.5 Å². The molecule has 0 saturated heterocycles. The third-order valence-electron chi connectivity index (χ3n) is 3.82. The van der Waals surface area contributed by atoms with E-state index >= 15 is 0 Å². The number of benzene rings is 2. The van der Waals surface area contributed by atoms with Crippen LogP contribution < -0.4 is 5.32 Å². The molecule has 0 aromatic heterocycles. The van der Waals surface area contributed by atoms with Crippen LogP contribution >= 0.6 is 11.6 Å². The molecule has 2 atom stereocenters. The number of carbonyl (C=O) groups excluding carboxylic acids is 1. The maximum Gasteiger partial charge on any atom is 0.303 e. The van der Waals surface area contributed by atoms with Gasteiger partial charge in [-0.2, -0.15) is 0 Å². The second-order valence-corrected chi connectivity index (χ2v) is 5.99. The Morgan fingerprint density at radius 3 is 2.52 bits per heavy atom. The molecule has 2 aromatic rings. The van der Waals surface area contributed by atoms with E-state index in [1.807, 2.05) is 49.4 Å². The second-order valence-electron chi connectivity index (χ2n) is 5.68. The van der Waals surface area contributed by atoms with Crippen LogP contribution in [-0.4, -0.2) is 22.9 Å². The van der Waals surface area contributed by atoms with Crippen LogP contribution in [0.1, 0.15) is 31.4 Å². The standard InChI is InChI=1S/C18H20ClNO3/c1-12(20-17(21)9-13(11-19)10-18(22)23)15-8-4-6-14-5-2-3-7-16(14)15/h2-8,12-13H,9-11H2,1H3,(H,20,21)(H,22,23)/t12-,13+/m0/s1. The lowest BCUT2D eigenvalue weighted by Gasteiger charge is -2.18. The summed E-state index contributed by atoms with van der Waals surface area (Å²) < 4.78 is 0. The fraction of sp³-hybridized carbons (Fsp3) is 0.333. The Morgan fingerprint density at radius 1 is 1.13 bits per heavy atom. The van der Waals surface area contributed by atoms with Crippen LogP contribution in [0.4, 0.5) is 0 Å². The molecule has 4 nitrogen and oxygen atoms in total. The number of aliphatic carboxylic acids is 1. The Morgan fingerprint density at radius 2 is 1.83 bits per heavy atom. The van der Waals surface area contributed by atoms with E-state index in [4.69, 9.17) is 16.7 Å². The highest BCUT2D eigenvalue weighted by molar-refractivity contribution is 6.18. The SMILES string of the molecule is C[C@H](NC(=O)C[C@@H](CCl)CC(=O)O)c1cccc2ccccc12. The first kappa shape index (κ1) is 17.3. The van der Waals surface area contributed by atoms with Crippen molar-refractivity contribution in [3.8, 4) is 0 Å². The zero-order chi connectivity index (χ0) is 16.8. The number of carboxylic acids is 1. The molecule has 0 spiro atoms. The van der Waals surface area contributed by atoms with Crippen molar-refractivity contribution >= 4 is 34.2 Å². The summed E-state index contributed by atoms with van der Waals surface area (Å²) >= 11 is 5.74. The van der Waals surface area contributed by atoms with E-state index in [1.54, 1.807) is 0 Å². The first-order valence-corrected chi connectivity index (χ1v) is 8.09. The summed E-state index contributed by atoms with van der Waals surface area (Å²) in [6.45, 7) is 1.92. The van der Waals surface area contributed by atoms with Gasteiger partial charge in [-0.05, 0) is 29.2 Å². The largest absolute Gasteiger partial charge is 0.481 e. The molecule has 0 bridgehead atoms. The van der Waals surface area contributed by atoms with Crippen molar-refractivity contribution in [1.82, 2.24) is 5.32 Å². The highest BCUT2D eigenvalue weighted by Gasteiger charge is 2.18. The van der Waals surface area contributed by atoms with Gasteiger partial charge in [-0.25, -0.2) is 0 Å². The van der Waals surface area contributed by atoms with E-state index in [2.05, 4.69) is 5.32 Å². The van der Waals surface area contributed by atoms with Crippen molar-refractivity contribution in [3.05, 3.63) is 48.0 Å². The molecule has 2 rings (SSSR count). The van der Waals surface area contributed by atoms with Crippen molar-refractivity contribution in [2.75, 3.05) is 5.88 Å². The van der Waals surface area contributed by atoms with Gasteiger partial charge >= 0.3 is 5.97 Å². The Bertz CT molecular complexity index is 696. The van der Waals surface area contributed by atoms with Crippen LogP contribution in [0.15, 0.2) is 42.5 Å². The van der Waals surface area contributed by atoms with Gasteiger partial charge in [0.15, 0.2) is 0 Å². The number of rotatable bonds is 7. The minimum Gasteiger partial charge on any atom is -0.481 e. The third-order valence-corrected chi connectivity index (χ3v) is 4.26. The summed E-state index contributed by atoms with van der Waals surface area (Å²) in [5, 5.41) is 14.0. The number of carboxylic acid groups (broad SMARTS) is 1. The van der Waals surface area contributed by atoms with Crippen LogP contribution in [0.2, 0.25) is 0 Å². The summed E-state index contributed by atoms with van der Waals surface area (Å²) in [4.78, 5) is 22.9. The summed E-state index contributed by atoms with van der Waals surface area (Å²) in [5.74, 6) is -1.32. The highest BCUT2D eigenvalue weighted by Crippen LogP contribution is 2.24. The summed E-state index contributed by atoms with van der Waals surface area (Å²) in [7, 11) is 0. The van der Waals surface area contributed by atoms with E-state index in [0.717, 1.165) is 16.3 Å². The van der Waals surface area contributed by atoms with E-state index in [0.29, 0.717) is 0 Å². The Balaban J connectivity index is 2.07. The van der Waals surface area contributed by atoms with Crippen LogP contribution in [0.5, 0.6) is 0 Å². The number of hydrogen-bond donors (Lipinski definition) is 2. The molecule has 0 fully saturated rings. The molecule has 2 aromatic carbocycles. The van der Waals surface area contributed by atoms with Crippen LogP contribution in [0.3, 0.4) is 0 Å². The van der Waals surface area contributed by atoms with E-state index in [1.165, 1.54) is 0 Å². The van der Waals surface area contributed by atoms with E-state index in [-0.39, 0.29) is 36.6 Å². The molecule has 23 heavy (non-hydrogen) atoms. The van der Waals surface area contributed by atoms with Crippen LogP contribution in [-0.2, 0) is 9.59 Å². The first-order valence-electron chi connectivity index (χ1n) is 7.56. The number of carbonyl (C=O) groups is 2. The smallest absolute Gasteiger partial charge is 0.303 e. The van der Waals surface area contributed by atoms with Gasteiger partial charge in [0.05, 0.1) is 6.04 Å². The van der Waals surface area contributed by atoms with Gasteiger partial charge in [0.1, 0.15) is 0 Å². The lowest BCUT2D eigenvalue weighted by Crippen LogP contribution is -2.29. The highest BCUT2D eigenvalue weighted by atomic mass is 35.5. The lowest BCUT2D eigenvalue weighted by atomic mass is 9.98. The summed E-state index contributed by atoms with van der Waals surface area (Å²) in [5.41, 5.74) is 1.04. The maximum atomic E-state index is 12.2. The molecule has 0 radical (unpaired) electrons. The molecule has 0 saturated carbocycles. The van der Waals surface area contributed by atoms with Gasteiger partial charge < -0.3 is 10.4 Å². The van der Waals surface area contributed by atoms with Gasteiger partial charge in [0.25, 0.3) is 0 Å². The van der Waals surface area contributed by atoms with Crippen LogP contribution in [0, 0.1) is 5.92 Å².